The highest BCUT2D eigenvalue weighted by molar-refractivity contribution is 5.81. The van der Waals surface area contributed by atoms with Gasteiger partial charge in [-0.2, -0.15) is 0 Å². The molecule has 0 aromatic carbocycles. The molecule has 0 aliphatic carbocycles. The van der Waals surface area contributed by atoms with Gasteiger partial charge in [0, 0.05) is 19.0 Å². The second-order valence-electron chi connectivity index (χ2n) is 3.56. The Kier molecular flexibility index (Phi) is 5.87. The molecule has 4 N–H and O–H groups in total. The van der Waals surface area contributed by atoms with Gasteiger partial charge >= 0.3 is 0 Å². The van der Waals surface area contributed by atoms with Crippen LogP contribution in [0.5, 0.6) is 0 Å². The van der Waals surface area contributed by atoms with Crippen LogP contribution in [0.15, 0.2) is 0 Å². The van der Waals surface area contributed by atoms with Gasteiger partial charge in [-0.05, 0) is 20.8 Å². The van der Waals surface area contributed by atoms with Crippen molar-refractivity contribution in [1.82, 2.24) is 10.6 Å². The van der Waals surface area contributed by atoms with Gasteiger partial charge in [0.15, 0.2) is 0 Å². The molecule has 0 spiro atoms. The van der Waals surface area contributed by atoms with Crippen LogP contribution in [-0.4, -0.2) is 30.4 Å². The average Bonchev–Trinajstić information content (AvgIpc) is 2.01. The predicted molar refractivity (Wildman–Crippen MR) is 54.6 cm³/mol. The van der Waals surface area contributed by atoms with Crippen LogP contribution in [0.1, 0.15) is 27.2 Å². The molecular weight excluding hydrogens is 182 g/mol. The van der Waals surface area contributed by atoms with Crippen LogP contribution in [0.2, 0.25) is 0 Å². The molecule has 0 radical (unpaired) electrons. The van der Waals surface area contributed by atoms with Crippen LogP contribution in [0.25, 0.3) is 0 Å². The second-order valence-corrected chi connectivity index (χ2v) is 3.56. The molecule has 1 atom stereocenters. The van der Waals surface area contributed by atoms with Crippen LogP contribution < -0.4 is 16.4 Å². The fraction of sp³-hybridized carbons (Fsp3) is 0.778. The van der Waals surface area contributed by atoms with Crippen LogP contribution in [0.3, 0.4) is 0 Å². The molecule has 0 aromatic rings. The van der Waals surface area contributed by atoms with Crippen molar-refractivity contribution in [3.05, 3.63) is 0 Å². The molecule has 0 aliphatic rings. The Bertz CT molecular complexity index is 204. The molecular formula is C9H19N3O2. The number of nitrogens with two attached hydrogens (primary N) is 1. The zero-order valence-electron chi connectivity index (χ0n) is 8.96. The standard InChI is InChI=1S/C9H19N3O2/c1-6(2)12-9(14)7(3)11-5-4-8(10)13/h6-7,11H,4-5H2,1-3H3,(H2,10,13)(H,12,14). The van der Waals surface area contributed by atoms with E-state index >= 15 is 0 Å². The topological polar surface area (TPSA) is 84.2 Å². The summed E-state index contributed by atoms with van der Waals surface area (Å²) >= 11 is 0. The molecule has 0 aromatic heterocycles. The second kappa shape index (κ2) is 6.37. The maximum Gasteiger partial charge on any atom is 0.237 e. The highest BCUT2D eigenvalue weighted by Gasteiger charge is 2.12. The third-order valence-electron chi connectivity index (χ3n) is 1.65. The van der Waals surface area contributed by atoms with Gasteiger partial charge in [0.05, 0.1) is 6.04 Å². The number of carbonyl (C=O) groups is 2. The van der Waals surface area contributed by atoms with E-state index in [-0.39, 0.29) is 30.3 Å². The molecule has 0 saturated carbocycles. The predicted octanol–water partition coefficient (Wildman–Crippen LogP) is -0.635. The number of hydrogen-bond acceptors (Lipinski definition) is 3. The molecule has 0 heterocycles. The highest BCUT2D eigenvalue weighted by Crippen LogP contribution is 1.85. The molecule has 5 nitrogen and oxygen atoms in total. The lowest BCUT2D eigenvalue weighted by atomic mass is 10.2. The number of hydrogen-bond donors (Lipinski definition) is 3. The first-order chi connectivity index (χ1) is 6.43. The van der Waals surface area contributed by atoms with Crippen LogP contribution in [-0.2, 0) is 9.59 Å². The highest BCUT2D eigenvalue weighted by atomic mass is 16.2. The van der Waals surface area contributed by atoms with Crippen molar-refractivity contribution in [2.45, 2.75) is 39.3 Å². The van der Waals surface area contributed by atoms with Crippen molar-refractivity contribution in [2.24, 2.45) is 5.73 Å². The average molecular weight is 201 g/mol. The van der Waals surface area contributed by atoms with Gasteiger partial charge in [0.2, 0.25) is 11.8 Å². The number of primary amides is 1. The summed E-state index contributed by atoms with van der Waals surface area (Å²) < 4.78 is 0. The van der Waals surface area contributed by atoms with E-state index in [1.54, 1.807) is 6.92 Å². The van der Waals surface area contributed by atoms with Gasteiger partial charge in [-0.3, -0.25) is 9.59 Å². The lowest BCUT2D eigenvalue weighted by molar-refractivity contribution is -0.123. The lowest BCUT2D eigenvalue weighted by Gasteiger charge is -2.15. The molecule has 82 valence electrons. The van der Waals surface area contributed by atoms with E-state index < -0.39 is 0 Å². The minimum atomic E-state index is -0.367. The van der Waals surface area contributed by atoms with Crippen LogP contribution in [0.4, 0.5) is 0 Å². The molecule has 14 heavy (non-hydrogen) atoms. The van der Waals surface area contributed by atoms with E-state index in [9.17, 15) is 9.59 Å². The lowest BCUT2D eigenvalue weighted by Crippen LogP contribution is -2.45. The Morgan fingerprint density at radius 3 is 2.29 bits per heavy atom. The first-order valence-electron chi connectivity index (χ1n) is 4.75. The Morgan fingerprint density at radius 1 is 1.29 bits per heavy atom. The van der Waals surface area contributed by atoms with Gasteiger partial charge in [0.25, 0.3) is 0 Å². The molecule has 0 bridgehead atoms. The smallest absolute Gasteiger partial charge is 0.237 e. The first-order valence-corrected chi connectivity index (χ1v) is 4.75. The fourth-order valence-corrected chi connectivity index (χ4v) is 0.914. The Hall–Kier alpha value is -1.10. The number of rotatable bonds is 6. The summed E-state index contributed by atoms with van der Waals surface area (Å²) in [6.07, 6.45) is 0.249. The summed E-state index contributed by atoms with van der Waals surface area (Å²) in [4.78, 5) is 21.7. The Balaban J connectivity index is 3.67. The van der Waals surface area contributed by atoms with Gasteiger partial charge in [-0.25, -0.2) is 0 Å². The summed E-state index contributed by atoms with van der Waals surface area (Å²) in [5, 5.41) is 5.67. The van der Waals surface area contributed by atoms with Gasteiger partial charge in [-0.15, -0.1) is 0 Å². The number of nitrogens with one attached hydrogen (secondary N) is 2. The van der Waals surface area contributed by atoms with Crippen molar-refractivity contribution in [1.29, 1.82) is 0 Å². The first kappa shape index (κ1) is 12.9. The summed E-state index contributed by atoms with van der Waals surface area (Å²) in [6, 6.07) is -0.167. The van der Waals surface area contributed by atoms with E-state index in [1.165, 1.54) is 0 Å². The molecule has 0 fully saturated rings. The molecule has 2 amide bonds. The van der Waals surface area contributed by atoms with Crippen LogP contribution in [0, 0.1) is 0 Å². The maximum atomic E-state index is 11.3. The van der Waals surface area contributed by atoms with Crippen molar-refractivity contribution in [2.75, 3.05) is 6.54 Å². The SMILES string of the molecule is CC(C)NC(=O)C(C)NCCC(N)=O. The monoisotopic (exact) mass is 201 g/mol. The number of amides is 2. The molecule has 5 heteroatoms. The minimum absolute atomic E-state index is 0.0653. The molecule has 0 saturated heterocycles. The minimum Gasteiger partial charge on any atom is -0.370 e. The van der Waals surface area contributed by atoms with E-state index in [0.29, 0.717) is 6.54 Å². The summed E-state index contributed by atoms with van der Waals surface area (Å²) in [7, 11) is 0. The Labute approximate surface area is 84.4 Å². The number of carbonyl (C=O) groups excluding carboxylic acids is 2. The normalized spacial score (nSPS) is 12.6. The molecule has 0 rings (SSSR count). The quantitative estimate of drug-likeness (QED) is 0.534. The van der Waals surface area contributed by atoms with Crippen molar-refractivity contribution in [3.63, 3.8) is 0 Å². The largest absolute Gasteiger partial charge is 0.370 e. The van der Waals surface area contributed by atoms with E-state index in [4.69, 9.17) is 5.73 Å². The third-order valence-corrected chi connectivity index (χ3v) is 1.65. The van der Waals surface area contributed by atoms with E-state index in [2.05, 4.69) is 10.6 Å². The van der Waals surface area contributed by atoms with Gasteiger partial charge in [-0.1, -0.05) is 0 Å². The summed E-state index contributed by atoms with van der Waals surface area (Å²) in [5.41, 5.74) is 4.96. The zero-order chi connectivity index (χ0) is 11.1. The fourth-order valence-electron chi connectivity index (χ4n) is 0.914. The molecule has 0 aliphatic heterocycles. The molecule has 1 unspecified atom stereocenters. The third kappa shape index (κ3) is 6.42. The van der Waals surface area contributed by atoms with Gasteiger partial charge in [0.1, 0.15) is 0 Å². The van der Waals surface area contributed by atoms with Crippen LogP contribution >= 0.6 is 0 Å². The summed E-state index contributed by atoms with van der Waals surface area (Å²) in [6.45, 7) is 5.97. The van der Waals surface area contributed by atoms with E-state index in [1.807, 2.05) is 13.8 Å². The van der Waals surface area contributed by atoms with E-state index in [0.717, 1.165) is 0 Å². The maximum absolute atomic E-state index is 11.3. The van der Waals surface area contributed by atoms with Crippen molar-refractivity contribution < 1.29 is 9.59 Å². The van der Waals surface area contributed by atoms with Crippen molar-refractivity contribution in [3.8, 4) is 0 Å². The summed E-state index contributed by atoms with van der Waals surface area (Å²) in [5.74, 6) is -0.432. The zero-order valence-corrected chi connectivity index (χ0v) is 8.96. The Morgan fingerprint density at radius 2 is 1.86 bits per heavy atom. The van der Waals surface area contributed by atoms with Crippen molar-refractivity contribution >= 4 is 11.8 Å². The van der Waals surface area contributed by atoms with Gasteiger partial charge < -0.3 is 16.4 Å².